The van der Waals surface area contributed by atoms with E-state index in [4.69, 9.17) is 0 Å². The van der Waals surface area contributed by atoms with Crippen LogP contribution in [0.15, 0.2) is 24.3 Å². The molecule has 19 heavy (non-hydrogen) atoms. The molecule has 1 aliphatic heterocycles. The van der Waals surface area contributed by atoms with E-state index in [-0.39, 0.29) is 5.91 Å². The highest BCUT2D eigenvalue weighted by Crippen LogP contribution is 2.05. The van der Waals surface area contributed by atoms with Crippen molar-refractivity contribution in [3.8, 4) is 0 Å². The minimum absolute atomic E-state index is 0.0190. The van der Waals surface area contributed by atoms with Gasteiger partial charge in [0.1, 0.15) is 0 Å². The van der Waals surface area contributed by atoms with Crippen molar-refractivity contribution in [3.63, 3.8) is 0 Å². The Labute approximate surface area is 117 Å². The van der Waals surface area contributed by atoms with Gasteiger partial charge in [-0.05, 0) is 25.7 Å². The van der Waals surface area contributed by atoms with E-state index in [9.17, 15) is 4.79 Å². The number of hydrogen-bond donors (Lipinski definition) is 1. The summed E-state index contributed by atoms with van der Waals surface area (Å²) in [5.74, 6) is -0.0190. The summed E-state index contributed by atoms with van der Waals surface area (Å²) in [5, 5.41) is 1.99. The lowest BCUT2D eigenvalue weighted by atomic mass is 10.1. The van der Waals surface area contributed by atoms with E-state index in [2.05, 4.69) is 18.4 Å². The molecule has 0 radical (unpaired) electrons. The molecule has 1 N–H and O–H groups in total. The first-order valence-corrected chi connectivity index (χ1v) is 7.71. The Kier molecular flexibility index (Phi) is 9.07. The highest BCUT2D eigenvalue weighted by atomic mass is 16.2. The number of nitrogens with zero attached hydrogens (tertiary/aromatic N) is 1. The number of unbranched alkanes of at least 4 members (excludes halogenated alkanes) is 5. The van der Waals surface area contributed by atoms with Crippen LogP contribution in [0, 0.1) is 0 Å². The lowest BCUT2D eigenvalue weighted by Crippen LogP contribution is -2.38. The molecule has 1 heterocycles. The van der Waals surface area contributed by atoms with Gasteiger partial charge in [0.2, 0.25) is 0 Å². The molecule has 108 valence electrons. The first-order valence-electron chi connectivity index (χ1n) is 7.71. The van der Waals surface area contributed by atoms with Gasteiger partial charge in [-0.2, -0.15) is 0 Å². The molecule has 0 atom stereocenters. The third-order valence-corrected chi connectivity index (χ3v) is 3.34. The van der Waals surface area contributed by atoms with E-state index < -0.39 is 0 Å². The monoisotopic (exact) mass is 264 g/mol. The maximum Gasteiger partial charge on any atom is 0.258 e. The van der Waals surface area contributed by atoms with Crippen molar-refractivity contribution in [3.05, 3.63) is 24.3 Å². The molecule has 1 aliphatic rings. The van der Waals surface area contributed by atoms with Gasteiger partial charge in [-0.15, -0.1) is 0 Å². The van der Waals surface area contributed by atoms with Crippen molar-refractivity contribution < 1.29 is 4.79 Å². The number of carbonyl (C=O) groups excluding carboxylic acids is 1. The van der Waals surface area contributed by atoms with Gasteiger partial charge in [0.05, 0.1) is 0 Å². The molecule has 1 fully saturated rings. The molecule has 3 heteroatoms. The Morgan fingerprint density at radius 1 is 1.11 bits per heavy atom. The Balaban J connectivity index is 2.00. The van der Waals surface area contributed by atoms with Gasteiger partial charge in [0.25, 0.3) is 5.91 Å². The summed E-state index contributed by atoms with van der Waals surface area (Å²) in [6.45, 7) is 4.19. The van der Waals surface area contributed by atoms with E-state index >= 15 is 0 Å². The van der Waals surface area contributed by atoms with Crippen LogP contribution in [0.2, 0.25) is 0 Å². The van der Waals surface area contributed by atoms with Crippen LogP contribution in [0.5, 0.6) is 0 Å². The van der Waals surface area contributed by atoms with Crippen LogP contribution in [0.4, 0.5) is 0 Å². The second-order valence-corrected chi connectivity index (χ2v) is 5.16. The lowest BCUT2D eigenvalue weighted by molar-refractivity contribution is -0.120. The molecule has 3 nitrogen and oxygen atoms in total. The molecule has 0 aromatic carbocycles. The average molecular weight is 264 g/mol. The van der Waals surface area contributed by atoms with E-state index in [1.165, 1.54) is 44.9 Å². The molecule has 0 aliphatic carbocycles. The van der Waals surface area contributed by atoms with Crippen LogP contribution in [0.1, 0.15) is 58.3 Å². The van der Waals surface area contributed by atoms with Crippen LogP contribution in [0.3, 0.4) is 0 Å². The Bertz CT molecular complexity index is 291. The van der Waals surface area contributed by atoms with Crippen molar-refractivity contribution in [1.29, 1.82) is 0 Å². The maximum absolute atomic E-state index is 11.5. The summed E-state index contributed by atoms with van der Waals surface area (Å²) in [4.78, 5) is 11.5. The lowest BCUT2D eigenvalue weighted by Gasteiger charge is -2.14. The molecule has 1 rings (SSSR count). The van der Waals surface area contributed by atoms with Crippen LogP contribution in [-0.2, 0) is 4.79 Å². The molecule has 0 aromatic rings. The maximum atomic E-state index is 11.5. The van der Waals surface area contributed by atoms with Crippen LogP contribution in [0.25, 0.3) is 0 Å². The standard InChI is InChI=1S/C16H28N2O/c1-2-3-4-5-6-7-8-9-10-13-16(19)17-18-14-11-12-15-18/h8-10,13H,2-7,11-12,14-15H2,1H3,(H,17,19)/b9-8+,13-10+. The molecular formula is C16H28N2O. The summed E-state index contributed by atoms with van der Waals surface area (Å²) < 4.78 is 0. The summed E-state index contributed by atoms with van der Waals surface area (Å²) >= 11 is 0. The quantitative estimate of drug-likeness (QED) is 0.392. The van der Waals surface area contributed by atoms with E-state index in [1.807, 2.05) is 17.2 Å². The van der Waals surface area contributed by atoms with Crippen molar-refractivity contribution in [2.45, 2.75) is 58.3 Å². The number of rotatable bonds is 9. The number of carbonyl (C=O) groups is 1. The zero-order valence-electron chi connectivity index (χ0n) is 12.2. The first-order chi connectivity index (χ1) is 9.33. The SMILES string of the molecule is CCCCCCC/C=C/C=C/C(=O)NN1CCCC1. The predicted octanol–water partition coefficient (Wildman–Crippen LogP) is 3.59. The molecule has 1 saturated heterocycles. The minimum Gasteiger partial charge on any atom is -0.285 e. The Morgan fingerprint density at radius 3 is 2.58 bits per heavy atom. The van der Waals surface area contributed by atoms with Crippen molar-refractivity contribution in [2.24, 2.45) is 0 Å². The second kappa shape index (κ2) is 10.8. The van der Waals surface area contributed by atoms with Crippen LogP contribution in [-0.4, -0.2) is 24.0 Å². The van der Waals surface area contributed by atoms with Crippen molar-refractivity contribution >= 4 is 5.91 Å². The molecule has 0 spiro atoms. The third-order valence-electron chi connectivity index (χ3n) is 3.34. The molecule has 0 unspecified atom stereocenters. The van der Waals surface area contributed by atoms with Crippen LogP contribution < -0.4 is 5.43 Å². The molecular weight excluding hydrogens is 236 g/mol. The largest absolute Gasteiger partial charge is 0.285 e. The van der Waals surface area contributed by atoms with E-state index in [0.29, 0.717) is 0 Å². The van der Waals surface area contributed by atoms with Gasteiger partial charge < -0.3 is 0 Å². The summed E-state index contributed by atoms with van der Waals surface area (Å²) in [6, 6.07) is 0. The second-order valence-electron chi connectivity index (χ2n) is 5.16. The highest BCUT2D eigenvalue weighted by Gasteiger charge is 2.11. The summed E-state index contributed by atoms with van der Waals surface area (Å²) in [7, 11) is 0. The summed E-state index contributed by atoms with van der Waals surface area (Å²) in [5.41, 5.74) is 2.88. The number of hydrazine groups is 1. The highest BCUT2D eigenvalue weighted by molar-refractivity contribution is 5.87. The number of hydrogen-bond acceptors (Lipinski definition) is 2. The molecule has 1 amide bonds. The number of nitrogens with one attached hydrogen (secondary N) is 1. The van der Waals surface area contributed by atoms with Gasteiger partial charge in [-0.25, -0.2) is 5.01 Å². The van der Waals surface area contributed by atoms with E-state index in [1.54, 1.807) is 6.08 Å². The topological polar surface area (TPSA) is 32.3 Å². The normalized spacial score (nSPS) is 16.7. The third kappa shape index (κ3) is 8.60. The Hall–Kier alpha value is -1.09. The van der Waals surface area contributed by atoms with Crippen LogP contribution >= 0.6 is 0 Å². The fourth-order valence-corrected chi connectivity index (χ4v) is 2.21. The minimum atomic E-state index is -0.0190. The van der Waals surface area contributed by atoms with Gasteiger partial charge in [0, 0.05) is 19.2 Å². The van der Waals surface area contributed by atoms with Gasteiger partial charge >= 0.3 is 0 Å². The zero-order valence-corrected chi connectivity index (χ0v) is 12.2. The molecule has 0 bridgehead atoms. The first kappa shape index (κ1) is 16.0. The zero-order chi connectivity index (χ0) is 13.8. The fraction of sp³-hybridized carbons (Fsp3) is 0.688. The molecule has 0 aromatic heterocycles. The fourth-order valence-electron chi connectivity index (χ4n) is 2.21. The predicted molar refractivity (Wildman–Crippen MR) is 80.6 cm³/mol. The van der Waals surface area contributed by atoms with E-state index in [0.717, 1.165) is 19.5 Å². The smallest absolute Gasteiger partial charge is 0.258 e. The molecule has 0 saturated carbocycles. The number of allylic oxidation sites excluding steroid dienone is 3. The van der Waals surface area contributed by atoms with Gasteiger partial charge in [-0.3, -0.25) is 10.2 Å². The number of amides is 1. The van der Waals surface area contributed by atoms with Crippen molar-refractivity contribution in [2.75, 3.05) is 13.1 Å². The van der Waals surface area contributed by atoms with Crippen molar-refractivity contribution in [1.82, 2.24) is 10.4 Å². The van der Waals surface area contributed by atoms with Gasteiger partial charge in [0.15, 0.2) is 0 Å². The Morgan fingerprint density at radius 2 is 1.84 bits per heavy atom. The average Bonchev–Trinajstić information content (AvgIpc) is 2.89. The van der Waals surface area contributed by atoms with Gasteiger partial charge in [-0.1, -0.05) is 50.8 Å². The summed E-state index contributed by atoms with van der Waals surface area (Å²) in [6.07, 6.45) is 17.6.